The van der Waals surface area contributed by atoms with Crippen LogP contribution in [0.4, 0.5) is 0 Å². The first-order chi connectivity index (χ1) is 9.83. The lowest BCUT2D eigenvalue weighted by Crippen LogP contribution is -2.49. The first-order valence-corrected chi connectivity index (χ1v) is 7.97. The molecule has 1 N–H and O–H groups in total. The summed E-state index contributed by atoms with van der Waals surface area (Å²) >= 11 is 0. The number of benzene rings is 1. The highest BCUT2D eigenvalue weighted by Gasteiger charge is 2.26. The second-order valence-corrected chi connectivity index (χ2v) is 5.58. The quantitative estimate of drug-likeness (QED) is 0.829. The molecule has 3 nitrogen and oxygen atoms in total. The minimum Gasteiger partial charge on any atom is -0.492 e. The number of nitrogens with zero attached hydrogens (tertiary/aromatic N) is 1. The van der Waals surface area contributed by atoms with Crippen molar-refractivity contribution in [1.29, 1.82) is 0 Å². The Bertz CT molecular complexity index is 369. The van der Waals surface area contributed by atoms with Crippen molar-refractivity contribution in [1.82, 2.24) is 10.2 Å². The molecule has 1 aliphatic heterocycles. The lowest BCUT2D eigenvalue weighted by atomic mass is 9.90. The van der Waals surface area contributed by atoms with Gasteiger partial charge in [-0.25, -0.2) is 0 Å². The van der Waals surface area contributed by atoms with Crippen LogP contribution >= 0.6 is 0 Å². The number of rotatable bonds is 7. The van der Waals surface area contributed by atoms with E-state index < -0.39 is 0 Å². The topological polar surface area (TPSA) is 24.5 Å². The minimum atomic E-state index is 0.705. The summed E-state index contributed by atoms with van der Waals surface area (Å²) in [5.74, 6) is 1.75. The maximum absolute atomic E-state index is 5.79. The maximum Gasteiger partial charge on any atom is 0.119 e. The number of ether oxygens (including phenoxy) is 1. The monoisotopic (exact) mass is 276 g/mol. The van der Waals surface area contributed by atoms with Gasteiger partial charge in [-0.15, -0.1) is 0 Å². The summed E-state index contributed by atoms with van der Waals surface area (Å²) in [6.07, 6.45) is 2.52. The Morgan fingerprint density at radius 2 is 2.05 bits per heavy atom. The number of likely N-dealkylation sites (tertiary alicyclic amines) is 1. The molecule has 112 valence electrons. The zero-order chi connectivity index (χ0) is 14.2. The zero-order valence-electron chi connectivity index (χ0n) is 12.8. The summed E-state index contributed by atoms with van der Waals surface area (Å²) in [5.41, 5.74) is 0. The van der Waals surface area contributed by atoms with Crippen LogP contribution in [0.1, 0.15) is 26.7 Å². The maximum atomic E-state index is 5.79. The van der Waals surface area contributed by atoms with Crippen molar-refractivity contribution in [3.63, 3.8) is 0 Å². The first kappa shape index (κ1) is 15.3. The Morgan fingerprint density at radius 1 is 1.25 bits per heavy atom. The second-order valence-electron chi connectivity index (χ2n) is 5.58. The molecule has 1 aromatic rings. The molecular formula is C17H28N2O. The van der Waals surface area contributed by atoms with Crippen LogP contribution in [-0.4, -0.2) is 43.7 Å². The van der Waals surface area contributed by atoms with Gasteiger partial charge in [-0.3, -0.25) is 4.90 Å². The van der Waals surface area contributed by atoms with E-state index in [9.17, 15) is 0 Å². The highest BCUT2D eigenvalue weighted by molar-refractivity contribution is 5.20. The molecule has 0 radical (unpaired) electrons. The van der Waals surface area contributed by atoms with E-state index in [4.69, 9.17) is 4.74 Å². The molecule has 2 unspecified atom stereocenters. The Balaban J connectivity index is 1.72. The fraction of sp³-hybridized carbons (Fsp3) is 0.647. The van der Waals surface area contributed by atoms with Crippen LogP contribution in [-0.2, 0) is 0 Å². The van der Waals surface area contributed by atoms with Crippen molar-refractivity contribution in [3.05, 3.63) is 30.3 Å². The largest absolute Gasteiger partial charge is 0.492 e. The Labute approximate surface area is 123 Å². The molecule has 0 amide bonds. The number of piperidine rings is 1. The van der Waals surface area contributed by atoms with Gasteiger partial charge in [0.2, 0.25) is 0 Å². The van der Waals surface area contributed by atoms with Gasteiger partial charge in [0.15, 0.2) is 0 Å². The molecule has 0 aliphatic carbocycles. The van der Waals surface area contributed by atoms with Crippen molar-refractivity contribution >= 4 is 0 Å². The Hall–Kier alpha value is -1.06. The number of nitrogens with one attached hydrogen (secondary N) is 1. The molecule has 0 saturated carbocycles. The molecule has 0 spiro atoms. The lowest BCUT2D eigenvalue weighted by Gasteiger charge is -2.38. The van der Waals surface area contributed by atoms with Gasteiger partial charge in [0, 0.05) is 19.1 Å². The van der Waals surface area contributed by atoms with Crippen LogP contribution in [0.2, 0.25) is 0 Å². The third-order valence-corrected chi connectivity index (χ3v) is 4.23. The summed E-state index contributed by atoms with van der Waals surface area (Å²) in [6, 6.07) is 10.8. The minimum absolute atomic E-state index is 0.705. The van der Waals surface area contributed by atoms with E-state index in [-0.39, 0.29) is 0 Å². The molecule has 2 atom stereocenters. The van der Waals surface area contributed by atoms with Crippen LogP contribution in [0.5, 0.6) is 5.75 Å². The highest BCUT2D eigenvalue weighted by atomic mass is 16.5. The normalized spacial score (nSPS) is 23.7. The van der Waals surface area contributed by atoms with Gasteiger partial charge in [-0.1, -0.05) is 38.5 Å². The van der Waals surface area contributed by atoms with Crippen molar-refractivity contribution in [3.8, 4) is 5.75 Å². The summed E-state index contributed by atoms with van der Waals surface area (Å²) in [4.78, 5) is 2.55. The molecule has 0 bridgehead atoms. The third-order valence-electron chi connectivity index (χ3n) is 4.23. The Morgan fingerprint density at radius 3 is 2.75 bits per heavy atom. The summed E-state index contributed by atoms with van der Waals surface area (Å²) < 4.78 is 5.79. The molecule has 1 aromatic carbocycles. The van der Waals surface area contributed by atoms with Gasteiger partial charge in [0.25, 0.3) is 0 Å². The van der Waals surface area contributed by atoms with Crippen molar-refractivity contribution < 1.29 is 4.74 Å². The molecule has 0 aromatic heterocycles. The molecule has 20 heavy (non-hydrogen) atoms. The van der Waals surface area contributed by atoms with Crippen molar-refractivity contribution in [2.75, 3.05) is 32.8 Å². The van der Waals surface area contributed by atoms with Gasteiger partial charge in [-0.05, 0) is 37.6 Å². The smallest absolute Gasteiger partial charge is 0.119 e. The zero-order valence-corrected chi connectivity index (χ0v) is 12.8. The van der Waals surface area contributed by atoms with Crippen molar-refractivity contribution in [2.24, 2.45) is 5.92 Å². The average molecular weight is 276 g/mol. The molecular weight excluding hydrogens is 248 g/mol. The molecule has 1 heterocycles. The average Bonchev–Trinajstić information content (AvgIpc) is 2.50. The number of para-hydroxylation sites is 1. The highest BCUT2D eigenvalue weighted by Crippen LogP contribution is 2.20. The first-order valence-electron chi connectivity index (χ1n) is 7.97. The van der Waals surface area contributed by atoms with Crippen molar-refractivity contribution in [2.45, 2.75) is 32.7 Å². The van der Waals surface area contributed by atoms with Crippen LogP contribution in [0, 0.1) is 5.92 Å². The predicted octanol–water partition coefficient (Wildman–Crippen LogP) is 2.78. The third kappa shape index (κ3) is 4.50. The van der Waals surface area contributed by atoms with Gasteiger partial charge < -0.3 is 10.1 Å². The van der Waals surface area contributed by atoms with E-state index in [0.717, 1.165) is 31.4 Å². The van der Waals surface area contributed by atoms with Crippen LogP contribution in [0.3, 0.4) is 0 Å². The SMILES string of the molecule is CCNC1CCN(CCOc2ccccc2)CC1CC. The standard InChI is InChI=1S/C17H28N2O/c1-3-15-14-19(11-10-17(15)18-4-2)12-13-20-16-8-6-5-7-9-16/h5-9,15,17-18H,3-4,10-14H2,1-2H3. The van der Waals surface area contributed by atoms with Gasteiger partial charge in [0.1, 0.15) is 12.4 Å². The second kappa shape index (κ2) is 8.28. The molecule has 1 saturated heterocycles. The fourth-order valence-corrected chi connectivity index (χ4v) is 3.06. The predicted molar refractivity (Wildman–Crippen MR) is 84.2 cm³/mol. The fourth-order valence-electron chi connectivity index (χ4n) is 3.06. The summed E-state index contributed by atoms with van der Waals surface area (Å²) in [5, 5.41) is 3.63. The van der Waals surface area contributed by atoms with E-state index in [1.807, 2.05) is 30.3 Å². The van der Waals surface area contributed by atoms with E-state index in [1.54, 1.807) is 0 Å². The van der Waals surface area contributed by atoms with Crippen LogP contribution in [0.15, 0.2) is 30.3 Å². The van der Waals surface area contributed by atoms with Gasteiger partial charge in [0.05, 0.1) is 0 Å². The summed E-state index contributed by atoms with van der Waals surface area (Å²) in [7, 11) is 0. The number of hydrogen-bond acceptors (Lipinski definition) is 3. The van der Waals surface area contributed by atoms with Gasteiger partial charge >= 0.3 is 0 Å². The van der Waals surface area contributed by atoms with E-state index in [1.165, 1.54) is 25.9 Å². The Kier molecular flexibility index (Phi) is 6.34. The van der Waals surface area contributed by atoms with E-state index >= 15 is 0 Å². The summed E-state index contributed by atoms with van der Waals surface area (Å²) in [6.45, 7) is 9.79. The molecule has 1 aliphatic rings. The van der Waals surface area contributed by atoms with E-state index in [2.05, 4.69) is 24.1 Å². The molecule has 1 fully saturated rings. The lowest BCUT2D eigenvalue weighted by molar-refractivity contribution is 0.118. The molecule has 2 rings (SSSR count). The van der Waals surface area contributed by atoms with Crippen LogP contribution in [0.25, 0.3) is 0 Å². The van der Waals surface area contributed by atoms with Crippen LogP contribution < -0.4 is 10.1 Å². The van der Waals surface area contributed by atoms with Gasteiger partial charge in [-0.2, -0.15) is 0 Å². The van der Waals surface area contributed by atoms with E-state index in [0.29, 0.717) is 6.04 Å². The number of hydrogen-bond donors (Lipinski definition) is 1. The molecule has 3 heteroatoms.